The Morgan fingerprint density at radius 3 is 2.82 bits per heavy atom. The second-order valence-electron chi connectivity index (χ2n) is 3.24. The van der Waals surface area contributed by atoms with Crippen LogP contribution in [0.4, 0.5) is 5.95 Å². The van der Waals surface area contributed by atoms with Crippen LogP contribution >= 0.6 is 0 Å². The molecule has 0 aromatic carbocycles. The maximum absolute atomic E-state index is 4.34. The Morgan fingerprint density at radius 2 is 2.36 bits per heavy atom. The van der Waals surface area contributed by atoms with Crippen LogP contribution in [0.1, 0.15) is 18.5 Å². The summed E-state index contributed by atoms with van der Waals surface area (Å²) in [5, 5.41) is 3.36. The molecule has 1 saturated carbocycles. The van der Waals surface area contributed by atoms with E-state index in [0.29, 0.717) is 6.04 Å². The zero-order valence-electron chi connectivity index (χ0n) is 6.96. The summed E-state index contributed by atoms with van der Waals surface area (Å²) in [5.41, 5.74) is 1.08. The fourth-order valence-electron chi connectivity index (χ4n) is 1.16. The highest BCUT2D eigenvalue weighted by atomic mass is 15.2. The molecule has 1 aromatic rings. The van der Waals surface area contributed by atoms with Crippen molar-refractivity contribution in [3.8, 4) is 0 Å². The maximum Gasteiger partial charge on any atom is 0.202 e. The smallest absolute Gasteiger partial charge is 0.202 e. The van der Waals surface area contributed by atoms with Crippen LogP contribution in [0, 0.1) is 6.92 Å². The second kappa shape index (κ2) is 2.26. The summed E-state index contributed by atoms with van der Waals surface area (Å²) in [6, 6.07) is 0.690. The van der Waals surface area contributed by atoms with Crippen molar-refractivity contribution in [1.82, 2.24) is 9.55 Å². The summed E-state index contributed by atoms with van der Waals surface area (Å²) in [7, 11) is 2.02. The van der Waals surface area contributed by atoms with Gasteiger partial charge in [-0.05, 0) is 19.8 Å². The van der Waals surface area contributed by atoms with Gasteiger partial charge in [-0.2, -0.15) is 0 Å². The molecular weight excluding hydrogens is 138 g/mol. The molecule has 0 aliphatic heterocycles. The minimum atomic E-state index is 0.690. The van der Waals surface area contributed by atoms with Crippen LogP contribution in [0.2, 0.25) is 0 Å². The zero-order chi connectivity index (χ0) is 7.84. The van der Waals surface area contributed by atoms with Gasteiger partial charge in [-0.3, -0.25) is 0 Å². The van der Waals surface area contributed by atoms with Crippen LogP contribution in [0.5, 0.6) is 0 Å². The van der Waals surface area contributed by atoms with Gasteiger partial charge in [-0.25, -0.2) is 4.98 Å². The maximum atomic E-state index is 4.34. The molecule has 1 heterocycles. The van der Waals surface area contributed by atoms with Gasteiger partial charge in [0.25, 0.3) is 0 Å². The van der Waals surface area contributed by atoms with Crippen LogP contribution in [-0.2, 0) is 7.05 Å². The van der Waals surface area contributed by atoms with Crippen LogP contribution in [0.15, 0.2) is 6.20 Å². The second-order valence-corrected chi connectivity index (χ2v) is 3.24. The number of anilines is 1. The molecule has 0 spiro atoms. The molecule has 1 fully saturated rings. The molecule has 11 heavy (non-hydrogen) atoms. The van der Waals surface area contributed by atoms with Crippen molar-refractivity contribution in [2.75, 3.05) is 5.32 Å². The standard InChI is InChI=1S/C8H13N3/c1-6-5-11(2)8(9-6)10-7-3-4-7/h5,7H,3-4H2,1-2H3,(H,9,10). The fraction of sp³-hybridized carbons (Fsp3) is 0.625. The molecule has 1 aromatic heterocycles. The molecule has 0 radical (unpaired) electrons. The topological polar surface area (TPSA) is 29.9 Å². The van der Waals surface area contributed by atoms with E-state index in [4.69, 9.17) is 0 Å². The van der Waals surface area contributed by atoms with Crippen molar-refractivity contribution in [1.29, 1.82) is 0 Å². The van der Waals surface area contributed by atoms with Crippen LogP contribution in [0.3, 0.4) is 0 Å². The van der Waals surface area contributed by atoms with Gasteiger partial charge in [-0.1, -0.05) is 0 Å². The molecule has 0 unspecified atom stereocenters. The van der Waals surface area contributed by atoms with Crippen LogP contribution in [-0.4, -0.2) is 15.6 Å². The fourth-order valence-corrected chi connectivity index (χ4v) is 1.16. The lowest BCUT2D eigenvalue weighted by molar-refractivity contribution is 0.899. The summed E-state index contributed by atoms with van der Waals surface area (Å²) in [4.78, 5) is 4.34. The summed E-state index contributed by atoms with van der Waals surface area (Å²) < 4.78 is 2.04. The molecule has 1 N–H and O–H groups in total. The first-order valence-electron chi connectivity index (χ1n) is 4.02. The Labute approximate surface area is 66.4 Å². The third kappa shape index (κ3) is 1.37. The van der Waals surface area contributed by atoms with Gasteiger partial charge in [0, 0.05) is 19.3 Å². The Morgan fingerprint density at radius 1 is 1.64 bits per heavy atom. The number of hydrogen-bond donors (Lipinski definition) is 1. The van der Waals surface area contributed by atoms with E-state index >= 15 is 0 Å². The number of rotatable bonds is 2. The minimum Gasteiger partial charge on any atom is -0.353 e. The van der Waals surface area contributed by atoms with E-state index in [2.05, 4.69) is 10.3 Å². The highest BCUT2D eigenvalue weighted by molar-refractivity contribution is 5.31. The number of hydrogen-bond acceptors (Lipinski definition) is 2. The molecular formula is C8H13N3. The molecule has 0 saturated heterocycles. The largest absolute Gasteiger partial charge is 0.353 e. The minimum absolute atomic E-state index is 0.690. The summed E-state index contributed by atoms with van der Waals surface area (Å²) in [5.74, 6) is 1.00. The highest BCUT2D eigenvalue weighted by Crippen LogP contribution is 2.23. The van der Waals surface area contributed by atoms with Crippen molar-refractivity contribution in [2.24, 2.45) is 7.05 Å². The first kappa shape index (κ1) is 6.70. The summed E-state index contributed by atoms with van der Waals surface area (Å²) in [6.07, 6.45) is 4.63. The lowest BCUT2D eigenvalue weighted by Crippen LogP contribution is -2.06. The van der Waals surface area contributed by atoms with E-state index in [1.165, 1.54) is 12.8 Å². The van der Waals surface area contributed by atoms with E-state index < -0.39 is 0 Å². The lowest BCUT2D eigenvalue weighted by atomic mass is 10.6. The van der Waals surface area contributed by atoms with Crippen molar-refractivity contribution in [3.63, 3.8) is 0 Å². The Hall–Kier alpha value is -0.990. The zero-order valence-corrected chi connectivity index (χ0v) is 6.96. The average Bonchev–Trinajstić information content (AvgIpc) is 2.64. The number of imidazole rings is 1. The van der Waals surface area contributed by atoms with Crippen molar-refractivity contribution < 1.29 is 0 Å². The van der Waals surface area contributed by atoms with Crippen molar-refractivity contribution >= 4 is 5.95 Å². The van der Waals surface area contributed by atoms with Gasteiger partial charge in [0.2, 0.25) is 5.95 Å². The van der Waals surface area contributed by atoms with Crippen molar-refractivity contribution in [2.45, 2.75) is 25.8 Å². The van der Waals surface area contributed by atoms with Crippen LogP contribution < -0.4 is 5.32 Å². The third-order valence-corrected chi connectivity index (χ3v) is 1.91. The molecule has 1 aliphatic rings. The van der Waals surface area contributed by atoms with E-state index in [-0.39, 0.29) is 0 Å². The van der Waals surface area contributed by atoms with Crippen molar-refractivity contribution in [3.05, 3.63) is 11.9 Å². The third-order valence-electron chi connectivity index (χ3n) is 1.91. The molecule has 1 aliphatic carbocycles. The number of aromatic nitrogens is 2. The first-order chi connectivity index (χ1) is 5.25. The Bertz CT molecular complexity index is 260. The number of nitrogens with zero attached hydrogens (tertiary/aromatic N) is 2. The monoisotopic (exact) mass is 151 g/mol. The normalized spacial score (nSPS) is 16.9. The molecule has 3 nitrogen and oxygen atoms in total. The predicted octanol–water partition coefficient (Wildman–Crippen LogP) is 1.30. The Kier molecular flexibility index (Phi) is 1.37. The van der Waals surface area contributed by atoms with Gasteiger partial charge in [0.05, 0.1) is 5.69 Å². The van der Waals surface area contributed by atoms with Gasteiger partial charge >= 0.3 is 0 Å². The number of nitrogens with one attached hydrogen (secondary N) is 1. The number of aryl methyl sites for hydroxylation is 2. The molecule has 3 heteroatoms. The Balaban J connectivity index is 2.14. The summed E-state index contributed by atoms with van der Waals surface area (Å²) >= 11 is 0. The van der Waals surface area contributed by atoms with Gasteiger partial charge in [0.15, 0.2) is 0 Å². The van der Waals surface area contributed by atoms with Gasteiger partial charge in [0.1, 0.15) is 0 Å². The molecule has 0 amide bonds. The van der Waals surface area contributed by atoms with E-state index in [1.807, 2.05) is 24.7 Å². The lowest BCUT2D eigenvalue weighted by Gasteiger charge is -2.01. The molecule has 60 valence electrons. The van der Waals surface area contributed by atoms with E-state index in [9.17, 15) is 0 Å². The summed E-state index contributed by atoms with van der Waals surface area (Å²) in [6.45, 7) is 2.01. The molecule has 2 rings (SSSR count). The van der Waals surface area contributed by atoms with E-state index in [1.54, 1.807) is 0 Å². The molecule has 0 bridgehead atoms. The van der Waals surface area contributed by atoms with Gasteiger partial charge < -0.3 is 9.88 Å². The SMILES string of the molecule is Cc1cn(C)c(NC2CC2)n1. The predicted molar refractivity (Wildman–Crippen MR) is 44.6 cm³/mol. The molecule has 0 atom stereocenters. The van der Waals surface area contributed by atoms with Gasteiger partial charge in [-0.15, -0.1) is 0 Å². The quantitative estimate of drug-likeness (QED) is 0.690. The van der Waals surface area contributed by atoms with Crippen LogP contribution in [0.25, 0.3) is 0 Å². The van der Waals surface area contributed by atoms with E-state index in [0.717, 1.165) is 11.6 Å². The first-order valence-corrected chi connectivity index (χ1v) is 4.02. The highest BCUT2D eigenvalue weighted by Gasteiger charge is 2.22. The average molecular weight is 151 g/mol.